The van der Waals surface area contributed by atoms with Crippen molar-refractivity contribution in [2.24, 2.45) is 5.73 Å². The summed E-state index contributed by atoms with van der Waals surface area (Å²) in [5.74, 6) is -1.02. The molecule has 4 amide bonds. The number of unbranched alkanes of at least 4 members (excludes halogenated alkanes) is 12. The molecule has 2 atom stereocenters. The maximum absolute atomic E-state index is 12.8. The van der Waals surface area contributed by atoms with Crippen LogP contribution in [0.1, 0.15) is 158 Å². The summed E-state index contributed by atoms with van der Waals surface area (Å²) in [5.41, 5.74) is 14.0. The van der Waals surface area contributed by atoms with Gasteiger partial charge in [0.15, 0.2) is 17.0 Å². The third-order valence-electron chi connectivity index (χ3n) is 12.6. The van der Waals surface area contributed by atoms with Crippen molar-refractivity contribution in [3.8, 4) is 6.01 Å². The Morgan fingerprint density at radius 1 is 0.701 bits per heavy atom. The first-order chi connectivity index (χ1) is 37.4. The van der Waals surface area contributed by atoms with Crippen molar-refractivity contribution < 1.29 is 43.3 Å². The van der Waals surface area contributed by atoms with Crippen molar-refractivity contribution in [2.75, 3.05) is 88.6 Å². The second-order valence-electron chi connectivity index (χ2n) is 19.2. The molecule has 3 rings (SSSR count). The van der Waals surface area contributed by atoms with E-state index in [0.29, 0.717) is 54.5 Å². The Labute approximate surface area is 460 Å². The van der Waals surface area contributed by atoms with Crippen LogP contribution in [-0.2, 0) is 40.0 Å². The summed E-state index contributed by atoms with van der Waals surface area (Å²) in [7, 11) is 1.22. The molecule has 12 N–H and O–H groups in total. The van der Waals surface area contributed by atoms with Crippen molar-refractivity contribution >= 4 is 70.3 Å². The Morgan fingerprint density at radius 3 is 1.95 bits per heavy atom. The fourth-order valence-electron chi connectivity index (χ4n) is 8.05. The molecule has 432 valence electrons. The van der Waals surface area contributed by atoms with E-state index < -0.39 is 24.0 Å². The molecule has 2 aromatic heterocycles. The Balaban J connectivity index is 1.13. The average molecular weight is 1100 g/mol. The second kappa shape index (κ2) is 40.4. The van der Waals surface area contributed by atoms with Gasteiger partial charge >= 0.3 is 11.9 Å². The van der Waals surface area contributed by atoms with Crippen LogP contribution in [0.3, 0.4) is 0 Å². The van der Waals surface area contributed by atoms with Gasteiger partial charge in [-0.2, -0.15) is 26.7 Å². The number of hydrogen-bond donors (Lipinski definition) is 10. The lowest BCUT2D eigenvalue weighted by molar-refractivity contribution is -0.145. The number of carbonyl (C=O) groups excluding carboxylic acids is 6. The predicted molar refractivity (Wildman–Crippen MR) is 303 cm³/mol. The van der Waals surface area contributed by atoms with E-state index in [0.717, 1.165) is 89.5 Å². The number of imidazole rings is 1. The number of esters is 2. The number of methoxy groups -OCH3 is 1. The number of nitrogens with zero attached hydrogens (tertiary/aromatic N) is 4. The number of thioether (sulfide) groups is 1. The largest absolute Gasteiger partial charge is 0.480 e. The standard InChI is InChI=1S/C54H91N13O9S/c1-4-6-8-9-10-11-12-13-14-15-16-21-46(70)76-35-36-77-39-42(55)51(72)63-43(52(73)75-3)26-27-44(68)59-33-19-30-57-28-17-18-29-58-31-20-34-60-45(69)37-62-50(71)41-24-22-40(23-25-41)38-67-49-47(64-54(67)74)48(56)65-53(66-49)61-32-7-5-2/h22-25,42-43,57-58H,4-21,26-39,55H2,1-3H3,(H,59,68)(H,60,69)(H,62,71)(H,63,72)(H,64,74)(H3,56,61,65,66)/t42-,43-/m0/s1. The van der Waals surface area contributed by atoms with Crippen molar-refractivity contribution in [3.63, 3.8) is 0 Å². The van der Waals surface area contributed by atoms with Gasteiger partial charge < -0.3 is 63.3 Å². The number of rotatable bonds is 45. The highest BCUT2D eigenvalue weighted by Crippen LogP contribution is 2.25. The van der Waals surface area contributed by atoms with Crippen LogP contribution in [0.4, 0.5) is 11.8 Å². The van der Waals surface area contributed by atoms with Crippen molar-refractivity contribution in [3.05, 3.63) is 35.4 Å². The molecule has 0 unspecified atom stereocenters. The molecule has 0 aliphatic heterocycles. The van der Waals surface area contributed by atoms with Crippen LogP contribution in [0.15, 0.2) is 24.3 Å². The molecule has 22 nitrogen and oxygen atoms in total. The maximum Gasteiger partial charge on any atom is 0.328 e. The fourth-order valence-corrected chi connectivity index (χ4v) is 8.83. The number of anilines is 2. The summed E-state index contributed by atoms with van der Waals surface area (Å²) >= 11 is 1.38. The molecule has 0 radical (unpaired) electrons. The Bertz CT molecular complexity index is 2180. The summed E-state index contributed by atoms with van der Waals surface area (Å²) in [5, 5.41) is 31.4. The van der Waals surface area contributed by atoms with Crippen LogP contribution in [0, 0.1) is 0 Å². The van der Waals surface area contributed by atoms with Crippen molar-refractivity contribution in [1.29, 1.82) is 0 Å². The molecule has 0 bridgehead atoms. The number of amides is 4. The molecule has 0 saturated carbocycles. The quantitative estimate of drug-likeness (QED) is 0.0268. The number of benzene rings is 1. The molecule has 0 fully saturated rings. The van der Waals surface area contributed by atoms with E-state index in [4.69, 9.17) is 20.9 Å². The van der Waals surface area contributed by atoms with E-state index >= 15 is 0 Å². The van der Waals surface area contributed by atoms with E-state index in [1.54, 1.807) is 24.3 Å². The molecule has 0 saturated heterocycles. The SMILES string of the molecule is CCCCCCCCCCCCCC(=O)OCCSC[C@H](N)C(=O)N[C@@H](CCC(=O)NCCCNCCCCNCCCNC(=O)CNC(=O)c1ccc(Cn2c(O)nc3c(N)nc(NCCCC)nc32)cc1)C(=O)OC. The van der Waals surface area contributed by atoms with E-state index in [-0.39, 0.29) is 73.8 Å². The Morgan fingerprint density at radius 2 is 1.31 bits per heavy atom. The first-order valence-corrected chi connectivity index (χ1v) is 29.2. The zero-order valence-electron chi connectivity index (χ0n) is 46.2. The van der Waals surface area contributed by atoms with Crippen LogP contribution in [0.5, 0.6) is 6.01 Å². The minimum absolute atomic E-state index is 0.0193. The van der Waals surface area contributed by atoms with Crippen LogP contribution in [0.25, 0.3) is 11.2 Å². The lowest BCUT2D eigenvalue weighted by Gasteiger charge is -2.19. The van der Waals surface area contributed by atoms with Gasteiger partial charge in [-0.05, 0) is 88.8 Å². The summed E-state index contributed by atoms with van der Waals surface area (Å²) < 4.78 is 11.7. The lowest BCUT2D eigenvalue weighted by Crippen LogP contribution is -2.50. The molecule has 77 heavy (non-hydrogen) atoms. The molecule has 0 aliphatic carbocycles. The number of nitrogens with two attached hydrogens (primary N) is 2. The first-order valence-electron chi connectivity index (χ1n) is 28.0. The number of nitrogens with one attached hydrogen (secondary N) is 7. The second-order valence-corrected chi connectivity index (χ2v) is 20.3. The summed E-state index contributed by atoms with van der Waals surface area (Å²) in [4.78, 5) is 87.8. The highest BCUT2D eigenvalue weighted by Gasteiger charge is 2.25. The summed E-state index contributed by atoms with van der Waals surface area (Å²) in [6, 6.07) is 4.64. The lowest BCUT2D eigenvalue weighted by atomic mass is 10.1. The number of nitrogen functional groups attached to an aromatic ring is 1. The van der Waals surface area contributed by atoms with Crippen LogP contribution < -0.4 is 48.7 Å². The molecule has 0 spiro atoms. The molecule has 23 heteroatoms. The van der Waals surface area contributed by atoms with Gasteiger partial charge in [0.2, 0.25) is 23.7 Å². The highest BCUT2D eigenvalue weighted by molar-refractivity contribution is 7.99. The number of ether oxygens (including phenoxy) is 2. The number of fused-ring (bicyclic) bond motifs is 1. The third-order valence-corrected chi connectivity index (χ3v) is 13.7. The minimum atomic E-state index is -1.01. The van der Waals surface area contributed by atoms with Crippen LogP contribution in [0.2, 0.25) is 0 Å². The molecular weight excluding hydrogens is 1010 g/mol. The zero-order chi connectivity index (χ0) is 55.9. The van der Waals surface area contributed by atoms with Gasteiger partial charge in [-0.3, -0.25) is 28.5 Å². The van der Waals surface area contributed by atoms with Gasteiger partial charge in [0.1, 0.15) is 12.6 Å². The Kier molecular flexibility index (Phi) is 34.4. The predicted octanol–water partition coefficient (Wildman–Crippen LogP) is 4.82. The van der Waals surface area contributed by atoms with E-state index in [2.05, 4.69) is 66.0 Å². The van der Waals surface area contributed by atoms with Gasteiger partial charge in [0, 0.05) is 49.5 Å². The van der Waals surface area contributed by atoms with Crippen LogP contribution in [-0.4, -0.2) is 150 Å². The smallest absolute Gasteiger partial charge is 0.328 e. The topological polar surface area (TPSA) is 321 Å². The van der Waals surface area contributed by atoms with Gasteiger partial charge in [0.25, 0.3) is 11.9 Å². The van der Waals surface area contributed by atoms with Gasteiger partial charge in [0.05, 0.1) is 26.2 Å². The van der Waals surface area contributed by atoms with Crippen molar-refractivity contribution in [1.82, 2.24) is 51.4 Å². The van der Waals surface area contributed by atoms with Crippen molar-refractivity contribution in [2.45, 2.75) is 161 Å². The normalized spacial score (nSPS) is 11.9. The number of carbonyl (C=O) groups is 6. The zero-order valence-corrected chi connectivity index (χ0v) is 47.0. The molecular formula is C54H91N13O9S. The number of aromatic nitrogens is 4. The van der Waals surface area contributed by atoms with Gasteiger partial charge in [-0.15, -0.1) is 0 Å². The maximum atomic E-state index is 12.8. The third kappa shape index (κ3) is 28.4. The van der Waals surface area contributed by atoms with Crippen LogP contribution >= 0.6 is 11.8 Å². The van der Waals surface area contributed by atoms with Gasteiger partial charge in [-0.25, -0.2) is 4.79 Å². The fraction of sp³-hybridized carbons (Fsp3) is 0.685. The minimum Gasteiger partial charge on any atom is -0.480 e. The van der Waals surface area contributed by atoms with Gasteiger partial charge in [-0.1, -0.05) is 96.6 Å². The molecule has 3 aromatic rings. The average Bonchev–Trinajstić information content (AvgIpc) is 3.76. The van der Waals surface area contributed by atoms with E-state index in [1.165, 1.54) is 74.8 Å². The summed E-state index contributed by atoms with van der Waals surface area (Å²) in [6.07, 6.45) is 19.2. The first kappa shape index (κ1) is 65.5. The Hall–Kier alpha value is -5.78. The van der Waals surface area contributed by atoms with E-state index in [1.807, 2.05) is 0 Å². The molecule has 0 aliphatic rings. The molecule has 2 heterocycles. The molecule has 1 aromatic carbocycles. The monoisotopic (exact) mass is 1100 g/mol. The summed E-state index contributed by atoms with van der Waals surface area (Å²) in [6.45, 7) is 9.36. The van der Waals surface area contributed by atoms with E-state index in [9.17, 15) is 33.9 Å². The number of aromatic hydroxyl groups is 1. The number of hydrogen-bond acceptors (Lipinski definition) is 18. The highest BCUT2D eigenvalue weighted by atomic mass is 32.2.